The zero-order valence-corrected chi connectivity index (χ0v) is 5.70. The van der Waals surface area contributed by atoms with E-state index in [2.05, 4.69) is 3.11 Å². The zero-order chi connectivity index (χ0) is 5.91. The molecule has 6 heteroatoms. The fourth-order valence-electron chi connectivity index (χ4n) is 0.0553. The second-order valence-electron chi connectivity index (χ2n) is 0.853. The summed E-state index contributed by atoms with van der Waals surface area (Å²) in [5.74, 6) is 0. The van der Waals surface area contributed by atoms with Crippen molar-refractivity contribution in [2.45, 2.75) is 0 Å². The van der Waals surface area contributed by atoms with E-state index in [1.54, 1.807) is 0 Å². The third kappa shape index (κ3) is 6.29. The van der Waals surface area contributed by atoms with Crippen molar-refractivity contribution >= 4 is 10.1 Å². The van der Waals surface area contributed by atoms with Crippen LogP contribution >= 0.6 is 0 Å². The molecule has 42 valence electrons. The molecule has 0 aromatic heterocycles. The van der Waals surface area contributed by atoms with Crippen LogP contribution in [-0.4, -0.2) is 14.7 Å². The fourth-order valence-corrected chi connectivity index (χ4v) is 0.684. The maximum absolute atomic E-state index is 9.83. The van der Waals surface area contributed by atoms with Crippen molar-refractivity contribution in [1.29, 1.82) is 0 Å². The van der Waals surface area contributed by atoms with Crippen LogP contribution in [0, 0.1) is 0 Å². The van der Waals surface area contributed by atoms with Crippen LogP contribution in [0.4, 0.5) is 0 Å². The molecule has 0 aliphatic carbocycles. The van der Waals surface area contributed by atoms with Gasteiger partial charge in [0, 0.05) is 0 Å². The monoisotopic (exact) mass is 162 g/mol. The second-order valence-corrected chi connectivity index (χ2v) is 3.34. The minimum atomic E-state index is -3.45. The molecule has 0 amide bonds. The van der Waals surface area contributed by atoms with E-state index in [4.69, 9.17) is 0 Å². The normalized spacial score (nSPS) is 11.0. The van der Waals surface area contributed by atoms with E-state index >= 15 is 0 Å². The molecule has 0 rings (SSSR count). The Bertz CT molecular complexity index is 145. The summed E-state index contributed by atoms with van der Waals surface area (Å²) in [4.78, 5) is 0. The topological polar surface area (TPSA) is 60.4 Å². The van der Waals surface area contributed by atoms with Crippen LogP contribution in [0.1, 0.15) is 0 Å². The van der Waals surface area contributed by atoms with Gasteiger partial charge < -0.3 is 0 Å². The van der Waals surface area contributed by atoms with E-state index in [9.17, 15) is 12.1 Å². The van der Waals surface area contributed by atoms with Crippen LogP contribution in [-0.2, 0) is 33.5 Å². The quantitative estimate of drug-likeness (QED) is 0.538. The first kappa shape index (κ1) is 7.29. The van der Waals surface area contributed by atoms with Crippen LogP contribution in [0.25, 0.3) is 0 Å². The van der Waals surface area contributed by atoms with Crippen LogP contribution in [0.15, 0.2) is 0 Å². The van der Waals surface area contributed by atoms with Gasteiger partial charge in [0.25, 0.3) is 0 Å². The molecule has 0 atom stereocenters. The van der Waals surface area contributed by atoms with Crippen LogP contribution in [0.3, 0.4) is 0 Å². The van der Waals surface area contributed by atoms with Crippen molar-refractivity contribution in [2.75, 3.05) is 6.26 Å². The molecule has 0 aromatic carbocycles. The van der Waals surface area contributed by atoms with E-state index in [1.165, 1.54) is 0 Å². The number of hydrogen-bond acceptors (Lipinski definition) is 4. The first-order chi connectivity index (χ1) is 3.06. The van der Waals surface area contributed by atoms with E-state index in [1.807, 2.05) is 0 Å². The molecular weight excluding hydrogens is 159 g/mol. The molecular formula is CH3O4SV. The average molecular weight is 162 g/mol. The molecule has 7 heavy (non-hydrogen) atoms. The van der Waals surface area contributed by atoms with Gasteiger partial charge in [-0.2, -0.15) is 0 Å². The molecule has 0 fully saturated rings. The molecule has 0 radical (unpaired) electrons. The van der Waals surface area contributed by atoms with Gasteiger partial charge in [-0.15, -0.1) is 0 Å². The van der Waals surface area contributed by atoms with Gasteiger partial charge in [0.2, 0.25) is 0 Å². The Balaban J connectivity index is 3.84. The summed E-state index contributed by atoms with van der Waals surface area (Å²) in [7, 11) is -3.45. The Morgan fingerprint density at radius 1 is 1.57 bits per heavy atom. The molecule has 0 aromatic rings. The van der Waals surface area contributed by atoms with Crippen molar-refractivity contribution in [1.82, 2.24) is 0 Å². The SMILES string of the molecule is CS(=O)(=O)[O][V]=[O]. The van der Waals surface area contributed by atoms with Crippen molar-refractivity contribution in [3.05, 3.63) is 0 Å². The van der Waals surface area contributed by atoms with Gasteiger partial charge in [-0.3, -0.25) is 0 Å². The Labute approximate surface area is 48.6 Å². The van der Waals surface area contributed by atoms with E-state index in [0.29, 0.717) is 0 Å². The van der Waals surface area contributed by atoms with Crippen LogP contribution in [0.5, 0.6) is 0 Å². The van der Waals surface area contributed by atoms with Crippen molar-refractivity contribution in [3.63, 3.8) is 0 Å². The molecule has 0 heterocycles. The Kier molecular flexibility index (Phi) is 2.67. The van der Waals surface area contributed by atoms with E-state index in [-0.39, 0.29) is 0 Å². The van der Waals surface area contributed by atoms with Crippen molar-refractivity contribution in [2.24, 2.45) is 0 Å². The predicted molar refractivity (Wildman–Crippen MR) is 16.6 cm³/mol. The Morgan fingerprint density at radius 2 is 2.00 bits per heavy atom. The summed E-state index contributed by atoms with van der Waals surface area (Å²) in [5, 5.41) is 0. The summed E-state index contributed by atoms with van der Waals surface area (Å²) >= 11 is -1.70. The maximum atomic E-state index is 9.83. The molecule has 0 bridgehead atoms. The first-order valence-corrected chi connectivity index (χ1v) is 4.23. The van der Waals surface area contributed by atoms with Gasteiger partial charge in [0.15, 0.2) is 0 Å². The molecule has 0 saturated heterocycles. The van der Waals surface area contributed by atoms with Crippen molar-refractivity contribution in [3.8, 4) is 0 Å². The van der Waals surface area contributed by atoms with Gasteiger partial charge in [0.1, 0.15) is 0 Å². The molecule has 4 nitrogen and oxygen atoms in total. The van der Waals surface area contributed by atoms with Crippen LogP contribution in [0.2, 0.25) is 0 Å². The van der Waals surface area contributed by atoms with E-state index in [0.717, 1.165) is 6.26 Å². The third-order valence-electron chi connectivity index (χ3n) is 0.166. The number of rotatable bonds is 2. The second kappa shape index (κ2) is 2.56. The van der Waals surface area contributed by atoms with Gasteiger partial charge in [-0.05, 0) is 0 Å². The van der Waals surface area contributed by atoms with Crippen molar-refractivity contribution < 1.29 is 31.8 Å². The van der Waals surface area contributed by atoms with Gasteiger partial charge >= 0.3 is 48.2 Å². The first-order valence-electron chi connectivity index (χ1n) is 1.27. The Hall–Kier alpha value is 0.294. The number of hydrogen-bond donors (Lipinski definition) is 0. The zero-order valence-electron chi connectivity index (χ0n) is 3.49. The predicted octanol–water partition coefficient (Wildman–Crippen LogP) is -0.694. The summed E-state index contributed by atoms with van der Waals surface area (Å²) in [5.41, 5.74) is 0. The molecule has 0 aliphatic rings. The summed E-state index contributed by atoms with van der Waals surface area (Å²) in [6, 6.07) is 0. The summed E-state index contributed by atoms with van der Waals surface area (Å²) < 4.78 is 32.8. The van der Waals surface area contributed by atoms with Crippen LogP contribution < -0.4 is 0 Å². The molecule has 0 saturated carbocycles. The molecule has 0 aliphatic heterocycles. The molecule has 0 N–H and O–H groups in total. The average Bonchev–Trinajstić information content (AvgIpc) is 1.30. The standard InChI is InChI=1S/CH4O3S.O.V/c1-5(2,3)4;;/h1H3,(H,2,3,4);;/q;;+1/p-1. The molecule has 0 spiro atoms. The summed E-state index contributed by atoms with van der Waals surface area (Å²) in [6.07, 6.45) is 0.848. The fraction of sp³-hybridized carbons (Fsp3) is 1.00. The third-order valence-corrected chi connectivity index (χ3v) is 2.05. The Morgan fingerprint density at radius 3 is 2.00 bits per heavy atom. The summed E-state index contributed by atoms with van der Waals surface area (Å²) in [6.45, 7) is 0. The molecule has 0 unspecified atom stereocenters. The van der Waals surface area contributed by atoms with Gasteiger partial charge in [-0.25, -0.2) is 0 Å². The van der Waals surface area contributed by atoms with Gasteiger partial charge in [0.05, 0.1) is 0 Å². The van der Waals surface area contributed by atoms with Gasteiger partial charge in [-0.1, -0.05) is 0 Å². The van der Waals surface area contributed by atoms with E-state index < -0.39 is 26.7 Å². The minimum absolute atomic E-state index is 0.848.